The van der Waals surface area contributed by atoms with E-state index in [0.29, 0.717) is 46.3 Å². The van der Waals surface area contributed by atoms with Gasteiger partial charge in [-0.05, 0) is 42.8 Å². The molecule has 1 amide bonds. The van der Waals surface area contributed by atoms with Crippen molar-refractivity contribution in [2.75, 3.05) is 14.2 Å². The van der Waals surface area contributed by atoms with E-state index in [2.05, 4.69) is 15.3 Å². The van der Waals surface area contributed by atoms with Gasteiger partial charge in [-0.2, -0.15) is 0 Å². The molecule has 0 bridgehead atoms. The molecule has 0 fully saturated rings. The average molecular weight is 389 g/mol. The number of oxazole rings is 1. The summed E-state index contributed by atoms with van der Waals surface area (Å²) >= 11 is 0. The molecule has 7 nitrogen and oxygen atoms in total. The van der Waals surface area contributed by atoms with Gasteiger partial charge in [0.15, 0.2) is 11.5 Å². The molecule has 0 atom stereocenters. The lowest BCUT2D eigenvalue weighted by Crippen LogP contribution is -2.21. The van der Waals surface area contributed by atoms with Gasteiger partial charge in [-0.1, -0.05) is 18.2 Å². The molecule has 1 aromatic carbocycles. The van der Waals surface area contributed by atoms with E-state index in [1.807, 2.05) is 36.4 Å². The zero-order chi connectivity index (χ0) is 20.2. The van der Waals surface area contributed by atoms with E-state index in [1.54, 1.807) is 31.5 Å². The Kier molecular flexibility index (Phi) is 5.11. The number of nitrogens with zero attached hydrogens (tertiary/aromatic N) is 2. The van der Waals surface area contributed by atoms with Crippen molar-refractivity contribution in [2.24, 2.45) is 0 Å². The van der Waals surface area contributed by atoms with Crippen molar-refractivity contribution in [3.05, 3.63) is 78.0 Å². The maximum atomic E-state index is 12.6. The van der Waals surface area contributed by atoms with E-state index in [1.165, 1.54) is 7.11 Å². The van der Waals surface area contributed by atoms with Crippen LogP contribution in [-0.4, -0.2) is 30.1 Å². The SMILES string of the molecule is COc1ccc(C(=O)NC2=CCC(c3nc4cccnc4o3)=CC=C2)cc1OC. The maximum Gasteiger partial charge on any atom is 0.255 e. The van der Waals surface area contributed by atoms with Crippen molar-refractivity contribution >= 4 is 22.7 Å². The molecule has 0 spiro atoms. The van der Waals surface area contributed by atoms with Crippen LogP contribution in [0.15, 0.2) is 70.9 Å². The van der Waals surface area contributed by atoms with Crippen molar-refractivity contribution in [2.45, 2.75) is 6.42 Å². The number of benzene rings is 1. The van der Waals surface area contributed by atoms with Gasteiger partial charge in [0.1, 0.15) is 5.52 Å². The highest BCUT2D eigenvalue weighted by molar-refractivity contribution is 5.96. The van der Waals surface area contributed by atoms with Gasteiger partial charge in [-0.15, -0.1) is 0 Å². The Hall–Kier alpha value is -3.87. The van der Waals surface area contributed by atoms with Gasteiger partial charge >= 0.3 is 0 Å². The highest BCUT2D eigenvalue weighted by Crippen LogP contribution is 2.28. The highest BCUT2D eigenvalue weighted by Gasteiger charge is 2.14. The van der Waals surface area contributed by atoms with E-state index < -0.39 is 0 Å². The Morgan fingerprint density at radius 1 is 1.17 bits per heavy atom. The second-order valence-electron chi connectivity index (χ2n) is 6.29. The Bertz CT molecular complexity index is 1120. The predicted molar refractivity (Wildman–Crippen MR) is 109 cm³/mol. The molecule has 29 heavy (non-hydrogen) atoms. The van der Waals surface area contributed by atoms with E-state index in [-0.39, 0.29) is 5.91 Å². The van der Waals surface area contributed by atoms with Crippen LogP contribution in [0, 0.1) is 0 Å². The Morgan fingerprint density at radius 3 is 2.83 bits per heavy atom. The summed E-state index contributed by atoms with van der Waals surface area (Å²) in [6.45, 7) is 0. The molecule has 1 aliphatic rings. The van der Waals surface area contributed by atoms with Crippen LogP contribution in [0.4, 0.5) is 0 Å². The molecule has 4 rings (SSSR count). The number of carbonyl (C=O) groups excluding carboxylic acids is 1. The molecule has 2 heterocycles. The van der Waals surface area contributed by atoms with E-state index >= 15 is 0 Å². The smallest absolute Gasteiger partial charge is 0.255 e. The number of methoxy groups -OCH3 is 2. The Labute approximate surface area is 167 Å². The predicted octanol–water partition coefficient (Wildman–Crippen LogP) is 3.90. The van der Waals surface area contributed by atoms with Gasteiger partial charge in [-0.3, -0.25) is 4.79 Å². The van der Waals surface area contributed by atoms with Gasteiger partial charge in [0.25, 0.3) is 5.91 Å². The fourth-order valence-corrected chi connectivity index (χ4v) is 2.96. The largest absolute Gasteiger partial charge is 0.493 e. The van der Waals surface area contributed by atoms with Gasteiger partial charge in [0, 0.05) is 23.0 Å². The fourth-order valence-electron chi connectivity index (χ4n) is 2.96. The second-order valence-corrected chi connectivity index (χ2v) is 6.29. The molecule has 0 saturated carbocycles. The van der Waals surface area contributed by atoms with Crippen LogP contribution >= 0.6 is 0 Å². The summed E-state index contributed by atoms with van der Waals surface area (Å²) in [6, 6.07) is 8.70. The zero-order valence-corrected chi connectivity index (χ0v) is 16.0. The molecule has 0 unspecified atom stereocenters. The lowest BCUT2D eigenvalue weighted by atomic mass is 10.1. The van der Waals surface area contributed by atoms with Crippen LogP contribution < -0.4 is 14.8 Å². The minimum atomic E-state index is -0.239. The van der Waals surface area contributed by atoms with Crippen molar-refractivity contribution in [1.82, 2.24) is 15.3 Å². The van der Waals surface area contributed by atoms with Crippen LogP contribution in [0.3, 0.4) is 0 Å². The minimum absolute atomic E-state index is 0.239. The Balaban J connectivity index is 1.49. The molecule has 1 aliphatic carbocycles. The van der Waals surface area contributed by atoms with E-state index in [9.17, 15) is 4.79 Å². The van der Waals surface area contributed by atoms with Crippen LogP contribution in [0.2, 0.25) is 0 Å². The summed E-state index contributed by atoms with van der Waals surface area (Å²) in [7, 11) is 3.08. The molecule has 146 valence electrons. The normalized spacial score (nSPS) is 13.4. The first-order valence-electron chi connectivity index (χ1n) is 9.00. The third-order valence-corrected chi connectivity index (χ3v) is 4.46. The summed E-state index contributed by atoms with van der Waals surface area (Å²) in [5, 5.41) is 2.90. The second kappa shape index (κ2) is 8.02. The molecule has 0 aliphatic heterocycles. The van der Waals surface area contributed by atoms with E-state index in [4.69, 9.17) is 13.9 Å². The number of pyridine rings is 1. The van der Waals surface area contributed by atoms with Gasteiger partial charge in [0.2, 0.25) is 11.6 Å². The first-order valence-corrected chi connectivity index (χ1v) is 9.00. The minimum Gasteiger partial charge on any atom is -0.493 e. The molecule has 0 saturated heterocycles. The van der Waals surface area contributed by atoms with Crippen molar-refractivity contribution in [3.63, 3.8) is 0 Å². The lowest BCUT2D eigenvalue weighted by molar-refractivity contribution is 0.0966. The summed E-state index contributed by atoms with van der Waals surface area (Å²) in [6.07, 6.45) is 9.73. The first kappa shape index (κ1) is 18.5. The molecule has 0 radical (unpaired) electrons. The molecule has 7 heteroatoms. The number of fused-ring (bicyclic) bond motifs is 1. The lowest BCUT2D eigenvalue weighted by Gasteiger charge is -2.10. The van der Waals surface area contributed by atoms with Gasteiger partial charge < -0.3 is 19.2 Å². The van der Waals surface area contributed by atoms with Crippen LogP contribution in [0.1, 0.15) is 22.7 Å². The molecule has 1 N–H and O–H groups in total. The number of nitrogens with one attached hydrogen (secondary N) is 1. The topological polar surface area (TPSA) is 86.5 Å². The van der Waals surface area contributed by atoms with Crippen molar-refractivity contribution in [3.8, 4) is 11.5 Å². The molecular formula is C22H19N3O4. The quantitative estimate of drug-likeness (QED) is 0.712. The number of aromatic nitrogens is 2. The van der Waals surface area contributed by atoms with Gasteiger partial charge in [0.05, 0.1) is 14.2 Å². The fraction of sp³-hybridized carbons (Fsp3) is 0.136. The number of allylic oxidation sites excluding steroid dienone is 5. The summed E-state index contributed by atoms with van der Waals surface area (Å²) in [5.41, 5.74) is 3.27. The van der Waals surface area contributed by atoms with Crippen molar-refractivity contribution < 1.29 is 18.7 Å². The molecule has 3 aromatic rings. The Morgan fingerprint density at radius 2 is 2.03 bits per heavy atom. The first-order chi connectivity index (χ1) is 14.2. The van der Waals surface area contributed by atoms with Crippen LogP contribution in [-0.2, 0) is 0 Å². The third-order valence-electron chi connectivity index (χ3n) is 4.46. The number of ether oxygens (including phenoxy) is 2. The zero-order valence-electron chi connectivity index (χ0n) is 16.0. The van der Waals surface area contributed by atoms with Crippen molar-refractivity contribution in [1.29, 1.82) is 0 Å². The summed E-state index contributed by atoms with van der Waals surface area (Å²) in [5.74, 6) is 1.35. The van der Waals surface area contributed by atoms with Gasteiger partial charge in [-0.25, -0.2) is 9.97 Å². The monoisotopic (exact) mass is 389 g/mol. The number of amides is 1. The average Bonchev–Trinajstić information content (AvgIpc) is 3.05. The molecule has 2 aromatic heterocycles. The summed E-state index contributed by atoms with van der Waals surface area (Å²) in [4.78, 5) is 21.3. The van der Waals surface area contributed by atoms with Crippen LogP contribution in [0.25, 0.3) is 16.8 Å². The van der Waals surface area contributed by atoms with E-state index in [0.717, 1.165) is 5.57 Å². The summed E-state index contributed by atoms with van der Waals surface area (Å²) < 4.78 is 16.2. The maximum absolute atomic E-state index is 12.6. The standard InChI is InChI=1S/C22H19N3O4/c1-27-18-11-9-15(13-19(18)28-2)20(26)24-16-6-3-5-14(8-10-16)21-25-17-7-4-12-23-22(17)29-21/h3-7,9-13H,8H2,1-2H3,(H,24,26). The number of rotatable bonds is 5. The third kappa shape index (κ3) is 3.89. The molecular weight excluding hydrogens is 370 g/mol. The highest BCUT2D eigenvalue weighted by atomic mass is 16.5. The number of carbonyl (C=O) groups is 1. The van der Waals surface area contributed by atoms with Crippen LogP contribution in [0.5, 0.6) is 11.5 Å². The number of hydrogen-bond donors (Lipinski definition) is 1. The number of hydrogen-bond acceptors (Lipinski definition) is 6.